The highest BCUT2D eigenvalue weighted by atomic mass is 16.2. The average molecular weight is 306 g/mol. The largest absolute Gasteiger partial charge is 0.396 e. The lowest BCUT2D eigenvalue weighted by Gasteiger charge is -2.19. The Hall–Kier alpha value is -2.23. The van der Waals surface area contributed by atoms with E-state index in [9.17, 15) is 0 Å². The van der Waals surface area contributed by atoms with Gasteiger partial charge in [-0.25, -0.2) is 0 Å². The van der Waals surface area contributed by atoms with E-state index in [4.69, 9.17) is 10.1 Å². The van der Waals surface area contributed by atoms with Gasteiger partial charge in [-0.3, -0.25) is 4.98 Å². The van der Waals surface area contributed by atoms with Crippen LogP contribution in [-0.4, -0.2) is 16.7 Å². The molecule has 3 heteroatoms. The van der Waals surface area contributed by atoms with Crippen LogP contribution >= 0.6 is 0 Å². The van der Waals surface area contributed by atoms with E-state index in [2.05, 4.69) is 47.8 Å². The Labute approximate surface area is 137 Å². The zero-order valence-electron chi connectivity index (χ0n) is 13.2. The highest BCUT2D eigenvalue weighted by Crippen LogP contribution is 2.19. The second-order valence-corrected chi connectivity index (χ2v) is 5.71. The van der Waals surface area contributed by atoms with Gasteiger partial charge in [-0.05, 0) is 30.5 Å². The Morgan fingerprint density at radius 3 is 2.52 bits per heavy atom. The summed E-state index contributed by atoms with van der Waals surface area (Å²) in [7, 11) is 0. The van der Waals surface area contributed by atoms with Crippen molar-refractivity contribution < 1.29 is 5.11 Å². The molecule has 0 aliphatic heterocycles. The third kappa shape index (κ3) is 4.15. The monoisotopic (exact) mass is 306 g/mol. The number of nitrogens with one attached hydrogen (secondary N) is 1. The van der Waals surface area contributed by atoms with Gasteiger partial charge in [0.25, 0.3) is 0 Å². The second-order valence-electron chi connectivity index (χ2n) is 5.71. The summed E-state index contributed by atoms with van der Waals surface area (Å²) in [6, 6.07) is 23.0. The van der Waals surface area contributed by atoms with Crippen LogP contribution in [0.1, 0.15) is 30.1 Å². The van der Waals surface area contributed by atoms with Gasteiger partial charge in [0, 0.05) is 24.6 Å². The maximum Gasteiger partial charge on any atom is 0.0705 e. The van der Waals surface area contributed by atoms with E-state index < -0.39 is 0 Å². The van der Waals surface area contributed by atoms with Crippen molar-refractivity contribution in [3.8, 4) is 0 Å². The SMILES string of the molecule is OCCCC(NCc1ccc2ccccc2n1)c1ccccc1. The van der Waals surface area contributed by atoms with E-state index in [1.807, 2.05) is 24.3 Å². The van der Waals surface area contributed by atoms with Crippen LogP contribution < -0.4 is 5.32 Å². The topological polar surface area (TPSA) is 45.1 Å². The van der Waals surface area contributed by atoms with Gasteiger partial charge >= 0.3 is 0 Å². The van der Waals surface area contributed by atoms with E-state index >= 15 is 0 Å². The van der Waals surface area contributed by atoms with Crippen LogP contribution in [0.4, 0.5) is 0 Å². The number of aliphatic hydroxyl groups excluding tert-OH is 1. The Morgan fingerprint density at radius 1 is 0.913 bits per heavy atom. The molecule has 1 atom stereocenters. The van der Waals surface area contributed by atoms with Crippen molar-refractivity contribution in [1.82, 2.24) is 10.3 Å². The number of hydrogen-bond donors (Lipinski definition) is 2. The summed E-state index contributed by atoms with van der Waals surface area (Å²) >= 11 is 0. The lowest BCUT2D eigenvalue weighted by molar-refractivity contribution is 0.274. The van der Waals surface area contributed by atoms with Crippen LogP contribution in [-0.2, 0) is 6.54 Å². The van der Waals surface area contributed by atoms with Crippen LogP contribution in [0.25, 0.3) is 10.9 Å². The lowest BCUT2D eigenvalue weighted by atomic mass is 10.0. The fourth-order valence-electron chi connectivity index (χ4n) is 2.80. The minimum atomic E-state index is 0.221. The van der Waals surface area contributed by atoms with Crippen LogP contribution in [0.3, 0.4) is 0 Å². The van der Waals surface area contributed by atoms with E-state index in [0.717, 1.165) is 36.0 Å². The maximum absolute atomic E-state index is 9.13. The van der Waals surface area contributed by atoms with Gasteiger partial charge in [0.15, 0.2) is 0 Å². The van der Waals surface area contributed by atoms with Crippen molar-refractivity contribution >= 4 is 10.9 Å². The van der Waals surface area contributed by atoms with Crippen LogP contribution in [0.2, 0.25) is 0 Å². The molecular formula is C20H22N2O. The van der Waals surface area contributed by atoms with Gasteiger partial charge in [-0.15, -0.1) is 0 Å². The molecule has 23 heavy (non-hydrogen) atoms. The molecule has 1 heterocycles. The molecule has 3 rings (SSSR count). The Bertz CT molecular complexity index is 743. The van der Waals surface area contributed by atoms with Gasteiger partial charge < -0.3 is 10.4 Å². The summed E-state index contributed by atoms with van der Waals surface area (Å²) in [6.07, 6.45) is 1.70. The van der Waals surface area contributed by atoms with Crippen LogP contribution in [0.5, 0.6) is 0 Å². The predicted molar refractivity (Wildman–Crippen MR) is 94.1 cm³/mol. The first-order chi connectivity index (χ1) is 11.4. The molecule has 0 saturated heterocycles. The summed E-state index contributed by atoms with van der Waals surface area (Å²) in [5.41, 5.74) is 3.31. The zero-order chi connectivity index (χ0) is 15.9. The third-order valence-corrected chi connectivity index (χ3v) is 4.04. The molecule has 0 aliphatic carbocycles. The van der Waals surface area contributed by atoms with Crippen molar-refractivity contribution in [3.05, 3.63) is 78.0 Å². The van der Waals surface area contributed by atoms with E-state index in [0.29, 0.717) is 0 Å². The molecule has 0 radical (unpaired) electrons. The van der Waals surface area contributed by atoms with Gasteiger partial charge in [-0.1, -0.05) is 54.6 Å². The smallest absolute Gasteiger partial charge is 0.0705 e. The molecule has 3 nitrogen and oxygen atoms in total. The maximum atomic E-state index is 9.13. The molecule has 1 unspecified atom stereocenters. The number of rotatable bonds is 7. The highest BCUT2D eigenvalue weighted by Gasteiger charge is 2.10. The molecule has 0 amide bonds. The fourth-order valence-corrected chi connectivity index (χ4v) is 2.80. The number of aliphatic hydroxyl groups is 1. The Balaban J connectivity index is 1.71. The number of para-hydroxylation sites is 1. The highest BCUT2D eigenvalue weighted by molar-refractivity contribution is 5.78. The summed E-state index contributed by atoms with van der Waals surface area (Å²) < 4.78 is 0. The zero-order valence-corrected chi connectivity index (χ0v) is 13.2. The first-order valence-corrected chi connectivity index (χ1v) is 8.10. The predicted octanol–water partition coefficient (Wildman–Crippen LogP) is 3.84. The number of hydrogen-bond acceptors (Lipinski definition) is 3. The third-order valence-electron chi connectivity index (χ3n) is 4.04. The van der Waals surface area contributed by atoms with E-state index in [1.54, 1.807) is 0 Å². The standard InChI is InChI=1S/C20H22N2O/c23-14-6-11-19(16-7-2-1-3-8-16)21-15-18-13-12-17-9-4-5-10-20(17)22-18/h1-5,7-10,12-13,19,21,23H,6,11,14-15H2. The molecule has 2 N–H and O–H groups in total. The Morgan fingerprint density at radius 2 is 1.70 bits per heavy atom. The summed E-state index contributed by atoms with van der Waals surface area (Å²) in [5.74, 6) is 0. The number of nitrogens with zero attached hydrogens (tertiary/aromatic N) is 1. The van der Waals surface area contributed by atoms with Crippen LogP contribution in [0.15, 0.2) is 66.7 Å². The number of benzene rings is 2. The average Bonchev–Trinajstić information content (AvgIpc) is 2.62. The minimum Gasteiger partial charge on any atom is -0.396 e. The summed E-state index contributed by atoms with van der Waals surface area (Å²) in [5, 5.41) is 13.9. The van der Waals surface area contributed by atoms with Gasteiger partial charge in [0.05, 0.1) is 11.2 Å². The normalized spacial score (nSPS) is 12.4. The van der Waals surface area contributed by atoms with Gasteiger partial charge in [0.2, 0.25) is 0 Å². The quantitative estimate of drug-likeness (QED) is 0.697. The fraction of sp³-hybridized carbons (Fsp3) is 0.250. The molecule has 0 saturated carbocycles. The molecule has 3 aromatic rings. The molecule has 2 aromatic carbocycles. The lowest BCUT2D eigenvalue weighted by Crippen LogP contribution is -2.21. The Kier molecular flexibility index (Phi) is 5.35. The van der Waals surface area contributed by atoms with Crippen molar-refractivity contribution in [2.45, 2.75) is 25.4 Å². The van der Waals surface area contributed by atoms with E-state index in [-0.39, 0.29) is 12.6 Å². The van der Waals surface area contributed by atoms with Crippen molar-refractivity contribution in [2.75, 3.05) is 6.61 Å². The number of aromatic nitrogens is 1. The molecule has 0 spiro atoms. The van der Waals surface area contributed by atoms with Gasteiger partial charge in [-0.2, -0.15) is 0 Å². The second kappa shape index (κ2) is 7.86. The van der Waals surface area contributed by atoms with Crippen LogP contribution in [0, 0.1) is 0 Å². The minimum absolute atomic E-state index is 0.221. The number of fused-ring (bicyclic) bond motifs is 1. The van der Waals surface area contributed by atoms with E-state index in [1.165, 1.54) is 5.56 Å². The van der Waals surface area contributed by atoms with Crippen molar-refractivity contribution in [2.24, 2.45) is 0 Å². The van der Waals surface area contributed by atoms with Gasteiger partial charge in [0.1, 0.15) is 0 Å². The van der Waals surface area contributed by atoms with Crippen molar-refractivity contribution in [1.29, 1.82) is 0 Å². The summed E-state index contributed by atoms with van der Waals surface area (Å²) in [6.45, 7) is 0.940. The molecule has 0 fully saturated rings. The molecule has 1 aromatic heterocycles. The summed E-state index contributed by atoms with van der Waals surface area (Å²) in [4.78, 5) is 4.71. The number of pyridine rings is 1. The molecule has 0 aliphatic rings. The molecular weight excluding hydrogens is 284 g/mol. The molecule has 0 bridgehead atoms. The van der Waals surface area contributed by atoms with Crippen molar-refractivity contribution in [3.63, 3.8) is 0 Å². The first-order valence-electron chi connectivity index (χ1n) is 8.10. The molecule has 118 valence electrons. The first kappa shape index (κ1) is 15.7.